The van der Waals surface area contributed by atoms with Crippen molar-refractivity contribution in [1.29, 1.82) is 0 Å². The predicted molar refractivity (Wildman–Crippen MR) is 190 cm³/mol. The Bertz CT molecular complexity index is 1920. The minimum absolute atomic E-state index is 0.181. The molecule has 2 aliphatic heterocycles. The van der Waals surface area contributed by atoms with Gasteiger partial charge in [0.15, 0.2) is 5.65 Å². The largest absolute Gasteiger partial charge is 0.360 e. The van der Waals surface area contributed by atoms with Crippen LogP contribution in [0.2, 0.25) is 5.02 Å². The molecule has 3 aromatic heterocycles. The van der Waals surface area contributed by atoms with Crippen molar-refractivity contribution in [2.45, 2.75) is 57.1 Å². The highest BCUT2D eigenvalue weighted by Crippen LogP contribution is 2.41. The summed E-state index contributed by atoms with van der Waals surface area (Å²) in [5.41, 5.74) is 4.76. The Kier molecular flexibility index (Phi) is 8.56. The molecule has 0 saturated carbocycles. The number of piperidine rings is 1. The number of nitrogens with zero attached hydrogens (tertiary/aromatic N) is 6. The summed E-state index contributed by atoms with van der Waals surface area (Å²) in [6, 6.07) is 15.7. The number of rotatable bonds is 10. The first-order valence-electron chi connectivity index (χ1n) is 16.0. The zero-order valence-electron chi connectivity index (χ0n) is 26.9. The van der Waals surface area contributed by atoms with E-state index < -0.39 is 10.0 Å². The number of nitrogens with one attached hydrogen (secondary N) is 1. The van der Waals surface area contributed by atoms with Crippen LogP contribution in [0.5, 0.6) is 0 Å². The second-order valence-corrected chi connectivity index (χ2v) is 18.5. The topological polar surface area (TPSA) is 90.1 Å². The van der Waals surface area contributed by atoms with Crippen molar-refractivity contribution < 1.29 is 4.74 Å². The zero-order chi connectivity index (χ0) is 32.0. The van der Waals surface area contributed by atoms with Gasteiger partial charge in [-0.25, -0.2) is 25.0 Å². The number of aromatic nitrogens is 5. The van der Waals surface area contributed by atoms with Crippen molar-refractivity contribution in [3.63, 3.8) is 0 Å². The molecule has 2 aliphatic rings. The third-order valence-corrected chi connectivity index (χ3v) is 11.2. The van der Waals surface area contributed by atoms with Crippen LogP contribution in [0.25, 0.3) is 33.2 Å². The molecule has 7 rings (SSSR count). The summed E-state index contributed by atoms with van der Waals surface area (Å²) in [6.45, 7) is 1.92. The lowest BCUT2D eigenvalue weighted by Crippen LogP contribution is -2.49. The molecule has 3 atom stereocenters. The van der Waals surface area contributed by atoms with E-state index in [2.05, 4.69) is 64.3 Å². The van der Waals surface area contributed by atoms with E-state index in [1.54, 1.807) is 7.05 Å². The van der Waals surface area contributed by atoms with Crippen molar-refractivity contribution in [1.82, 2.24) is 29.4 Å². The second kappa shape index (κ2) is 12.6. The fourth-order valence-corrected chi connectivity index (χ4v) is 7.93. The van der Waals surface area contributed by atoms with Crippen LogP contribution >= 0.6 is 21.6 Å². The summed E-state index contributed by atoms with van der Waals surface area (Å²) in [7, 11) is 1.01. The van der Waals surface area contributed by atoms with Crippen molar-refractivity contribution in [3.05, 3.63) is 82.1 Å². The SMILES string of the molecule is Cn1cnc2ccc(-c3cn(COCCS(C)(C)C)c4nc(N5[C@@H]6CC[C@H]5C[C@@H](NCc5ccccc5)C6)cnc34)c(Cl)c2c1=O. The van der Waals surface area contributed by atoms with Crippen LogP contribution in [0.1, 0.15) is 31.2 Å². The third-order valence-electron chi connectivity index (χ3n) is 9.37. The van der Waals surface area contributed by atoms with Gasteiger partial charge in [-0.15, -0.1) is 0 Å². The van der Waals surface area contributed by atoms with E-state index in [0.717, 1.165) is 66.1 Å². The Morgan fingerprint density at radius 3 is 2.52 bits per heavy atom. The van der Waals surface area contributed by atoms with Crippen molar-refractivity contribution in [2.24, 2.45) is 7.05 Å². The van der Waals surface area contributed by atoms with Gasteiger partial charge in [0.25, 0.3) is 5.56 Å². The Morgan fingerprint density at radius 1 is 1.02 bits per heavy atom. The molecule has 2 fully saturated rings. The molecule has 2 bridgehead atoms. The van der Waals surface area contributed by atoms with Gasteiger partial charge in [0.1, 0.15) is 18.1 Å². The summed E-state index contributed by atoms with van der Waals surface area (Å²) >= 11 is 6.96. The van der Waals surface area contributed by atoms with Crippen LogP contribution in [0, 0.1) is 0 Å². The third kappa shape index (κ3) is 6.15. The smallest absolute Gasteiger partial charge is 0.262 e. The van der Waals surface area contributed by atoms with E-state index in [-0.39, 0.29) is 5.56 Å². The number of aryl methyl sites for hydroxylation is 1. The van der Waals surface area contributed by atoms with E-state index >= 15 is 0 Å². The molecule has 11 heteroatoms. The fraction of sp³-hybridized carbons (Fsp3) is 0.429. The summed E-state index contributed by atoms with van der Waals surface area (Å²) in [6.07, 6.45) is 16.8. The van der Waals surface area contributed by atoms with Crippen LogP contribution in [0.15, 0.2) is 66.0 Å². The summed E-state index contributed by atoms with van der Waals surface area (Å²) in [5.74, 6) is 1.94. The quantitative estimate of drug-likeness (QED) is 0.185. The Hall–Kier alpha value is -3.44. The maximum Gasteiger partial charge on any atom is 0.262 e. The average molecular weight is 660 g/mol. The molecule has 2 saturated heterocycles. The molecule has 1 N–H and O–H groups in total. The van der Waals surface area contributed by atoms with Crippen LogP contribution in [0.4, 0.5) is 5.82 Å². The van der Waals surface area contributed by atoms with E-state index in [9.17, 15) is 4.79 Å². The maximum atomic E-state index is 13.1. The zero-order valence-corrected chi connectivity index (χ0v) is 28.5. The number of halogens is 1. The first-order chi connectivity index (χ1) is 22.2. The molecule has 0 spiro atoms. The first kappa shape index (κ1) is 31.2. The summed E-state index contributed by atoms with van der Waals surface area (Å²) in [5, 5.41) is 4.59. The molecule has 9 nitrogen and oxygen atoms in total. The Labute approximate surface area is 276 Å². The molecule has 2 aromatic carbocycles. The second-order valence-electron chi connectivity index (χ2n) is 13.6. The van der Waals surface area contributed by atoms with Crippen LogP contribution in [0.3, 0.4) is 0 Å². The maximum absolute atomic E-state index is 13.1. The van der Waals surface area contributed by atoms with Crippen LogP contribution < -0.4 is 15.8 Å². The van der Waals surface area contributed by atoms with Gasteiger partial charge in [0.2, 0.25) is 0 Å². The van der Waals surface area contributed by atoms with Crippen molar-refractivity contribution in [2.75, 3.05) is 36.0 Å². The van der Waals surface area contributed by atoms with E-state index in [4.69, 9.17) is 26.3 Å². The van der Waals surface area contributed by atoms with Gasteiger partial charge >= 0.3 is 0 Å². The number of benzene rings is 2. The lowest BCUT2D eigenvalue weighted by molar-refractivity contribution is 0.0924. The monoisotopic (exact) mass is 659 g/mol. The molecule has 5 heterocycles. The lowest BCUT2D eigenvalue weighted by Gasteiger charge is -2.40. The van der Waals surface area contributed by atoms with Gasteiger partial charge in [-0.05, 0) is 56.1 Å². The average Bonchev–Trinajstić information content (AvgIpc) is 3.53. The fourth-order valence-electron chi connectivity index (χ4n) is 6.97. The highest BCUT2D eigenvalue weighted by atomic mass is 35.5. The van der Waals surface area contributed by atoms with Gasteiger partial charge in [-0.1, -0.05) is 48.0 Å². The lowest BCUT2D eigenvalue weighted by atomic mass is 9.97. The van der Waals surface area contributed by atoms with Gasteiger partial charge < -0.3 is 24.1 Å². The number of ether oxygens (including phenoxy) is 1. The van der Waals surface area contributed by atoms with Crippen molar-refractivity contribution >= 4 is 49.5 Å². The predicted octanol–water partition coefficient (Wildman–Crippen LogP) is 5.96. The summed E-state index contributed by atoms with van der Waals surface area (Å²) < 4.78 is 9.69. The number of anilines is 1. The molecular weight excluding hydrogens is 618 g/mol. The molecule has 242 valence electrons. The summed E-state index contributed by atoms with van der Waals surface area (Å²) in [4.78, 5) is 30.3. The standard InChI is InChI=1S/C35H42ClN7O2S/c1-41-21-39-29-13-12-27(32(36)31(29)35(41)44)28-20-42(22-45-14-15-46(2,3)4)34-33(28)38-19-30(40-34)43-25-10-11-26(43)17-24(16-25)37-18-23-8-6-5-7-9-23/h5-9,12-13,19-21,24-26,37H,10-11,14-18,22H2,1-4H3/t24-,25+,26-. The highest BCUT2D eigenvalue weighted by molar-refractivity contribution is 8.32. The number of fused-ring (bicyclic) bond motifs is 4. The minimum atomic E-state index is -0.673. The highest BCUT2D eigenvalue weighted by Gasteiger charge is 2.41. The first-order valence-corrected chi connectivity index (χ1v) is 19.4. The Balaban J connectivity index is 1.21. The van der Waals surface area contributed by atoms with Gasteiger partial charge in [-0.3, -0.25) is 4.79 Å². The molecule has 0 aliphatic carbocycles. The van der Waals surface area contributed by atoms with Crippen LogP contribution in [-0.2, 0) is 25.1 Å². The van der Waals surface area contributed by atoms with E-state index in [0.29, 0.717) is 47.4 Å². The van der Waals surface area contributed by atoms with E-state index in [1.165, 1.54) is 16.5 Å². The molecule has 46 heavy (non-hydrogen) atoms. The Morgan fingerprint density at radius 2 is 1.78 bits per heavy atom. The normalized spacial score (nSPS) is 20.2. The number of hydrogen-bond donors (Lipinski definition) is 1. The van der Waals surface area contributed by atoms with Gasteiger partial charge in [0.05, 0.1) is 35.1 Å². The minimum Gasteiger partial charge on any atom is -0.360 e. The molecular formula is C35H42ClN7O2S. The van der Waals surface area contributed by atoms with Crippen molar-refractivity contribution in [3.8, 4) is 11.1 Å². The van der Waals surface area contributed by atoms with E-state index in [1.807, 2.05) is 29.1 Å². The van der Waals surface area contributed by atoms with Gasteiger partial charge in [-0.2, -0.15) is 0 Å². The molecule has 0 amide bonds. The van der Waals surface area contributed by atoms with Gasteiger partial charge in [0, 0.05) is 54.8 Å². The molecule has 5 aromatic rings. The molecule has 0 unspecified atom stereocenters. The van der Waals surface area contributed by atoms with Crippen LogP contribution in [-0.4, -0.2) is 73.3 Å². The molecule has 0 radical (unpaired) electrons. The number of hydrogen-bond acceptors (Lipinski definition) is 7.